The Kier molecular flexibility index (Phi) is 11.5. The zero-order chi connectivity index (χ0) is 28.3. The third-order valence-corrected chi connectivity index (χ3v) is 5.72. The number of aliphatic carboxylic acids is 1. The molecule has 2 aromatic rings. The smallest absolute Gasteiger partial charge is 0.490 e. The quantitative estimate of drug-likeness (QED) is 0.363. The van der Waals surface area contributed by atoms with Gasteiger partial charge in [0, 0.05) is 24.2 Å². The first-order valence-electron chi connectivity index (χ1n) is 11.7. The number of amides is 2. The molecule has 1 aliphatic heterocycles. The van der Waals surface area contributed by atoms with E-state index in [9.17, 15) is 26.7 Å². The minimum atomic E-state index is -5.08. The normalized spacial score (nSPS) is 14.2. The molecule has 0 bridgehead atoms. The molecule has 1 aliphatic rings. The highest BCUT2D eigenvalue weighted by atomic mass is 19.4. The molecule has 0 saturated carbocycles. The van der Waals surface area contributed by atoms with E-state index in [1.807, 2.05) is 31.3 Å². The van der Waals surface area contributed by atoms with Gasteiger partial charge in [0.05, 0.1) is 6.54 Å². The second-order valence-corrected chi connectivity index (χ2v) is 8.60. The number of carbonyl (C=O) groups is 2. The monoisotopic (exact) mass is 543 g/mol. The molecule has 0 atom stereocenters. The van der Waals surface area contributed by atoms with Crippen molar-refractivity contribution in [2.45, 2.75) is 38.1 Å². The number of carboxylic acids is 1. The van der Waals surface area contributed by atoms with Crippen molar-refractivity contribution >= 4 is 12.0 Å². The van der Waals surface area contributed by atoms with Crippen molar-refractivity contribution in [3.63, 3.8) is 0 Å². The third-order valence-electron chi connectivity index (χ3n) is 5.72. The minimum absolute atomic E-state index is 0.00432. The van der Waals surface area contributed by atoms with Gasteiger partial charge in [0.15, 0.2) is 0 Å². The first kappa shape index (κ1) is 30.6. The Balaban J connectivity index is 0.000000638. The molecule has 0 unspecified atom stereocenters. The fourth-order valence-electron chi connectivity index (χ4n) is 3.64. The lowest BCUT2D eigenvalue weighted by atomic mass is 10.0. The van der Waals surface area contributed by atoms with E-state index in [1.165, 1.54) is 12.1 Å². The zero-order valence-electron chi connectivity index (χ0n) is 20.8. The van der Waals surface area contributed by atoms with Gasteiger partial charge in [-0.15, -0.1) is 0 Å². The summed E-state index contributed by atoms with van der Waals surface area (Å²) in [6.45, 7) is 6.23. The van der Waals surface area contributed by atoms with Gasteiger partial charge in [0.2, 0.25) is 0 Å². The molecule has 1 saturated heterocycles. The molecule has 208 valence electrons. The average Bonchev–Trinajstić information content (AvgIpc) is 2.87. The van der Waals surface area contributed by atoms with Crippen LogP contribution in [0.1, 0.15) is 24.0 Å². The topological polar surface area (TPSA) is 82.1 Å². The third kappa shape index (κ3) is 10.0. The first-order chi connectivity index (χ1) is 17.9. The van der Waals surface area contributed by atoms with Crippen molar-refractivity contribution in [1.29, 1.82) is 0 Å². The highest BCUT2D eigenvalue weighted by molar-refractivity contribution is 5.74. The van der Waals surface area contributed by atoms with E-state index in [0.29, 0.717) is 18.7 Å². The maximum atomic E-state index is 14.3. The maximum absolute atomic E-state index is 14.3. The van der Waals surface area contributed by atoms with Crippen LogP contribution in [0.4, 0.5) is 26.7 Å². The number of nitrogens with zero attached hydrogens (tertiary/aromatic N) is 2. The fraction of sp³-hybridized carbons (Fsp3) is 0.385. The van der Waals surface area contributed by atoms with Gasteiger partial charge >= 0.3 is 18.2 Å². The Labute approximate surface area is 217 Å². The Morgan fingerprint density at radius 3 is 2.29 bits per heavy atom. The lowest BCUT2D eigenvalue weighted by molar-refractivity contribution is -0.192. The first-order valence-corrected chi connectivity index (χ1v) is 11.7. The number of halogens is 5. The molecule has 0 spiro atoms. The van der Waals surface area contributed by atoms with Gasteiger partial charge in [-0.2, -0.15) is 13.2 Å². The number of ether oxygens (including phenoxy) is 1. The van der Waals surface area contributed by atoms with Crippen LogP contribution in [0, 0.1) is 11.6 Å². The van der Waals surface area contributed by atoms with E-state index < -0.39 is 23.8 Å². The number of carbonyl (C=O) groups excluding carboxylic acids is 1. The van der Waals surface area contributed by atoms with E-state index in [-0.39, 0.29) is 18.6 Å². The molecule has 0 radical (unpaired) electrons. The van der Waals surface area contributed by atoms with Crippen LogP contribution in [0.2, 0.25) is 0 Å². The van der Waals surface area contributed by atoms with E-state index in [4.69, 9.17) is 14.6 Å². The van der Waals surface area contributed by atoms with Gasteiger partial charge < -0.3 is 25.0 Å². The minimum Gasteiger partial charge on any atom is -0.490 e. The molecule has 2 aromatic carbocycles. The summed E-state index contributed by atoms with van der Waals surface area (Å²) in [6, 6.07) is 10.7. The number of hydrogen-bond donors (Lipinski definition) is 2. The van der Waals surface area contributed by atoms with Crippen LogP contribution in [0.5, 0.6) is 5.75 Å². The summed E-state index contributed by atoms with van der Waals surface area (Å²) in [4.78, 5) is 25.8. The van der Waals surface area contributed by atoms with Crippen molar-refractivity contribution in [3.8, 4) is 5.75 Å². The van der Waals surface area contributed by atoms with Gasteiger partial charge in [0.1, 0.15) is 24.0 Å². The molecule has 0 aliphatic carbocycles. The summed E-state index contributed by atoms with van der Waals surface area (Å²) < 4.78 is 64.8. The van der Waals surface area contributed by atoms with Crippen LogP contribution >= 0.6 is 0 Å². The molecule has 0 aromatic heterocycles. The van der Waals surface area contributed by atoms with Crippen molar-refractivity contribution in [2.24, 2.45) is 0 Å². The lowest BCUT2D eigenvalue weighted by Gasteiger charge is -2.37. The van der Waals surface area contributed by atoms with Gasteiger partial charge in [-0.1, -0.05) is 30.9 Å². The summed E-state index contributed by atoms with van der Waals surface area (Å²) >= 11 is 0. The number of urea groups is 1. The molecular weight excluding hydrogens is 513 g/mol. The van der Waals surface area contributed by atoms with Gasteiger partial charge in [-0.05, 0) is 56.7 Å². The Hall–Kier alpha value is -3.67. The van der Waals surface area contributed by atoms with Crippen molar-refractivity contribution in [1.82, 2.24) is 15.1 Å². The number of piperidine rings is 1. The molecule has 1 fully saturated rings. The highest BCUT2D eigenvalue weighted by Gasteiger charge is 2.38. The molecule has 38 heavy (non-hydrogen) atoms. The Morgan fingerprint density at radius 2 is 1.76 bits per heavy atom. The average molecular weight is 544 g/mol. The maximum Gasteiger partial charge on any atom is 0.490 e. The number of carboxylic acid groups (broad SMARTS) is 1. The van der Waals surface area contributed by atoms with Crippen molar-refractivity contribution in [2.75, 3.05) is 26.7 Å². The van der Waals surface area contributed by atoms with Crippen LogP contribution in [-0.4, -0.2) is 65.9 Å². The Morgan fingerprint density at radius 1 is 1.16 bits per heavy atom. The summed E-state index contributed by atoms with van der Waals surface area (Å²) in [6.07, 6.45) is -1.79. The number of alkyl halides is 3. The van der Waals surface area contributed by atoms with Crippen LogP contribution in [0.15, 0.2) is 55.1 Å². The second-order valence-electron chi connectivity index (χ2n) is 8.60. The molecule has 2 amide bonds. The SMILES string of the molecule is C=CCOc1ccc(CNC(=O)N(Cc2ccc(F)cc2F)C2CCN(C)CC2)cc1.O=C(O)C(F)(F)F. The van der Waals surface area contributed by atoms with Crippen LogP contribution in [0.3, 0.4) is 0 Å². The molecule has 12 heteroatoms. The highest BCUT2D eigenvalue weighted by Crippen LogP contribution is 2.21. The van der Waals surface area contributed by atoms with Gasteiger partial charge in [-0.3, -0.25) is 0 Å². The predicted octanol–water partition coefficient (Wildman–Crippen LogP) is 4.97. The Bertz CT molecular complexity index is 1070. The summed E-state index contributed by atoms with van der Waals surface area (Å²) in [5.41, 5.74) is 1.23. The van der Waals surface area contributed by atoms with E-state index in [2.05, 4.69) is 16.8 Å². The fourth-order valence-corrected chi connectivity index (χ4v) is 3.64. The standard InChI is InChI=1S/C24H29F2N3O2.C2HF3O2/c1-3-14-31-22-8-4-18(5-9-22)16-27-24(30)29(21-10-12-28(2)13-11-21)17-19-6-7-20(25)15-23(19)26;3-2(4,5)1(6)7/h3-9,15,21H,1,10-14,16-17H2,2H3,(H,27,30);(H,6,7). The molecule has 2 N–H and O–H groups in total. The number of nitrogens with one attached hydrogen (secondary N) is 1. The zero-order valence-corrected chi connectivity index (χ0v) is 20.8. The lowest BCUT2D eigenvalue weighted by Crippen LogP contribution is -2.49. The largest absolute Gasteiger partial charge is 0.490 e. The summed E-state index contributed by atoms with van der Waals surface area (Å²) in [5.74, 6) is -3.29. The van der Waals surface area contributed by atoms with Crippen LogP contribution < -0.4 is 10.1 Å². The van der Waals surface area contributed by atoms with Gasteiger partial charge in [0.25, 0.3) is 0 Å². The van der Waals surface area contributed by atoms with Gasteiger partial charge in [-0.25, -0.2) is 18.4 Å². The summed E-state index contributed by atoms with van der Waals surface area (Å²) in [7, 11) is 2.04. The molecular formula is C26H30F5N3O4. The van der Waals surface area contributed by atoms with E-state index in [0.717, 1.165) is 43.3 Å². The number of likely N-dealkylation sites (tertiary alicyclic amines) is 1. The van der Waals surface area contributed by atoms with Crippen LogP contribution in [0.25, 0.3) is 0 Å². The molecule has 1 heterocycles. The van der Waals surface area contributed by atoms with E-state index in [1.54, 1.807) is 11.0 Å². The molecule has 7 nitrogen and oxygen atoms in total. The van der Waals surface area contributed by atoms with Crippen LogP contribution in [-0.2, 0) is 17.9 Å². The number of hydrogen-bond acceptors (Lipinski definition) is 4. The molecule has 3 rings (SSSR count). The second kappa shape index (κ2) is 14.3. The predicted molar refractivity (Wildman–Crippen MR) is 130 cm³/mol. The van der Waals surface area contributed by atoms with E-state index >= 15 is 0 Å². The van der Waals surface area contributed by atoms with Crippen molar-refractivity contribution in [3.05, 3.63) is 77.9 Å². The number of benzene rings is 2. The summed E-state index contributed by atoms with van der Waals surface area (Å²) in [5, 5.41) is 10.1. The number of rotatable bonds is 8. The van der Waals surface area contributed by atoms with Crippen molar-refractivity contribution < 1.29 is 41.4 Å².